The average molecular weight is 190 g/mol. The van der Waals surface area contributed by atoms with Crippen LogP contribution >= 0.6 is 0 Å². The monoisotopic (exact) mass is 190 g/mol. The van der Waals surface area contributed by atoms with Crippen molar-refractivity contribution in [2.24, 2.45) is 0 Å². The van der Waals surface area contributed by atoms with Gasteiger partial charge >= 0.3 is 0 Å². The van der Waals surface area contributed by atoms with Crippen molar-refractivity contribution in [2.45, 2.75) is 38.6 Å². The molecule has 1 N–H and O–H groups in total. The maximum atomic E-state index is 4.49. The summed E-state index contributed by atoms with van der Waals surface area (Å²) in [6, 6.07) is 4.75. The van der Waals surface area contributed by atoms with Gasteiger partial charge in [-0.15, -0.1) is 0 Å². The SMILES string of the molecule is CCCN[C@@H]1CCCc2cccnc21. The van der Waals surface area contributed by atoms with Gasteiger partial charge in [-0.2, -0.15) is 0 Å². The van der Waals surface area contributed by atoms with Crippen molar-refractivity contribution < 1.29 is 0 Å². The molecule has 0 aliphatic heterocycles. The molecule has 1 aliphatic carbocycles. The van der Waals surface area contributed by atoms with Gasteiger partial charge in [0.2, 0.25) is 0 Å². The molecule has 0 saturated heterocycles. The van der Waals surface area contributed by atoms with E-state index < -0.39 is 0 Å². The van der Waals surface area contributed by atoms with Crippen LogP contribution in [0.5, 0.6) is 0 Å². The van der Waals surface area contributed by atoms with Crippen molar-refractivity contribution in [1.29, 1.82) is 0 Å². The minimum atomic E-state index is 0.500. The zero-order chi connectivity index (χ0) is 9.80. The maximum absolute atomic E-state index is 4.49. The standard InChI is InChI=1S/C12H18N2/c1-2-8-13-11-7-3-5-10-6-4-9-14-12(10)11/h4,6,9,11,13H,2-3,5,7-8H2,1H3/t11-/m1/s1. The molecule has 0 unspecified atom stereocenters. The zero-order valence-electron chi connectivity index (χ0n) is 8.79. The van der Waals surface area contributed by atoms with Gasteiger partial charge in [-0.3, -0.25) is 4.98 Å². The fraction of sp³-hybridized carbons (Fsp3) is 0.583. The van der Waals surface area contributed by atoms with Gasteiger partial charge < -0.3 is 5.32 Å². The zero-order valence-corrected chi connectivity index (χ0v) is 8.79. The smallest absolute Gasteiger partial charge is 0.0605 e. The summed E-state index contributed by atoms with van der Waals surface area (Å²) in [5, 5.41) is 3.56. The van der Waals surface area contributed by atoms with Crippen molar-refractivity contribution in [1.82, 2.24) is 10.3 Å². The van der Waals surface area contributed by atoms with E-state index in [4.69, 9.17) is 0 Å². The summed E-state index contributed by atoms with van der Waals surface area (Å²) in [6.45, 7) is 3.30. The number of aromatic nitrogens is 1. The molecule has 0 amide bonds. The number of hydrogen-bond donors (Lipinski definition) is 1. The fourth-order valence-corrected chi connectivity index (χ4v) is 2.13. The van der Waals surface area contributed by atoms with E-state index in [-0.39, 0.29) is 0 Å². The Bertz CT molecular complexity index is 296. The Kier molecular flexibility index (Phi) is 3.14. The first-order chi connectivity index (χ1) is 6.92. The molecule has 1 aliphatic rings. The number of nitrogens with zero attached hydrogens (tertiary/aromatic N) is 1. The van der Waals surface area contributed by atoms with Crippen LogP contribution in [0, 0.1) is 0 Å². The van der Waals surface area contributed by atoms with E-state index in [2.05, 4.69) is 23.3 Å². The van der Waals surface area contributed by atoms with E-state index in [0.29, 0.717) is 6.04 Å². The molecular weight excluding hydrogens is 172 g/mol. The van der Waals surface area contributed by atoms with Gasteiger partial charge in [-0.25, -0.2) is 0 Å². The maximum Gasteiger partial charge on any atom is 0.0605 e. The van der Waals surface area contributed by atoms with Gasteiger partial charge in [0.15, 0.2) is 0 Å². The quantitative estimate of drug-likeness (QED) is 0.792. The minimum Gasteiger partial charge on any atom is -0.309 e. The molecule has 0 fully saturated rings. The van der Waals surface area contributed by atoms with E-state index in [1.807, 2.05) is 12.3 Å². The predicted molar refractivity (Wildman–Crippen MR) is 58.2 cm³/mol. The lowest BCUT2D eigenvalue weighted by Gasteiger charge is -2.24. The van der Waals surface area contributed by atoms with Crippen molar-refractivity contribution in [3.8, 4) is 0 Å². The molecule has 76 valence electrons. The molecular formula is C12H18N2. The highest BCUT2D eigenvalue weighted by Gasteiger charge is 2.19. The van der Waals surface area contributed by atoms with E-state index in [0.717, 1.165) is 6.54 Å². The molecule has 0 saturated carbocycles. The Hall–Kier alpha value is -0.890. The van der Waals surface area contributed by atoms with E-state index in [9.17, 15) is 0 Å². The molecule has 2 rings (SSSR count). The van der Waals surface area contributed by atoms with Crippen LogP contribution in [0.25, 0.3) is 0 Å². The van der Waals surface area contributed by atoms with Crippen LogP contribution < -0.4 is 5.32 Å². The first kappa shape index (κ1) is 9.66. The summed E-state index contributed by atoms with van der Waals surface area (Å²) in [7, 11) is 0. The van der Waals surface area contributed by atoms with E-state index in [1.165, 1.54) is 36.9 Å². The largest absolute Gasteiger partial charge is 0.309 e. The Morgan fingerprint density at radius 1 is 1.57 bits per heavy atom. The van der Waals surface area contributed by atoms with Gasteiger partial charge in [-0.1, -0.05) is 13.0 Å². The van der Waals surface area contributed by atoms with E-state index >= 15 is 0 Å². The number of nitrogens with one attached hydrogen (secondary N) is 1. The number of hydrogen-bond acceptors (Lipinski definition) is 2. The molecule has 2 heteroatoms. The van der Waals surface area contributed by atoms with Crippen molar-refractivity contribution in [3.63, 3.8) is 0 Å². The lowest BCUT2D eigenvalue weighted by atomic mass is 9.92. The molecule has 0 aromatic carbocycles. The predicted octanol–water partition coefficient (Wildman–Crippen LogP) is 2.46. The molecule has 1 aromatic heterocycles. The van der Waals surface area contributed by atoms with Gasteiger partial charge in [0.1, 0.15) is 0 Å². The topological polar surface area (TPSA) is 24.9 Å². The molecule has 1 heterocycles. The summed E-state index contributed by atoms with van der Waals surface area (Å²) in [4.78, 5) is 4.49. The van der Waals surface area contributed by atoms with Crippen molar-refractivity contribution in [3.05, 3.63) is 29.6 Å². The molecule has 0 radical (unpaired) electrons. The van der Waals surface area contributed by atoms with Gasteiger partial charge in [0.25, 0.3) is 0 Å². The van der Waals surface area contributed by atoms with Crippen LogP contribution in [0.1, 0.15) is 43.5 Å². The van der Waals surface area contributed by atoms with E-state index in [1.54, 1.807) is 0 Å². The first-order valence-corrected chi connectivity index (χ1v) is 5.59. The number of fused-ring (bicyclic) bond motifs is 1. The number of pyridine rings is 1. The Morgan fingerprint density at radius 3 is 3.36 bits per heavy atom. The third-order valence-corrected chi connectivity index (χ3v) is 2.84. The second-order valence-electron chi connectivity index (χ2n) is 3.95. The summed E-state index contributed by atoms with van der Waals surface area (Å²) in [6.07, 6.45) is 6.83. The minimum absolute atomic E-state index is 0.500. The molecule has 0 spiro atoms. The first-order valence-electron chi connectivity index (χ1n) is 5.59. The molecule has 1 aromatic rings. The summed E-state index contributed by atoms with van der Waals surface area (Å²) in [5.74, 6) is 0. The highest BCUT2D eigenvalue weighted by atomic mass is 14.9. The molecule has 0 bridgehead atoms. The average Bonchev–Trinajstić information content (AvgIpc) is 2.26. The molecule has 14 heavy (non-hydrogen) atoms. The molecule has 1 atom stereocenters. The van der Waals surface area contributed by atoms with Crippen LogP contribution in [0.4, 0.5) is 0 Å². The highest BCUT2D eigenvalue weighted by Crippen LogP contribution is 2.27. The highest BCUT2D eigenvalue weighted by molar-refractivity contribution is 5.25. The van der Waals surface area contributed by atoms with Crippen molar-refractivity contribution >= 4 is 0 Å². The third kappa shape index (κ3) is 1.95. The second kappa shape index (κ2) is 4.56. The van der Waals surface area contributed by atoms with Crippen LogP contribution in [-0.4, -0.2) is 11.5 Å². The van der Waals surface area contributed by atoms with Crippen LogP contribution in [-0.2, 0) is 6.42 Å². The van der Waals surface area contributed by atoms with Gasteiger partial charge in [-0.05, 0) is 43.9 Å². The summed E-state index contributed by atoms with van der Waals surface area (Å²) < 4.78 is 0. The van der Waals surface area contributed by atoms with Crippen LogP contribution in [0.3, 0.4) is 0 Å². The van der Waals surface area contributed by atoms with Crippen LogP contribution in [0.2, 0.25) is 0 Å². The third-order valence-electron chi connectivity index (χ3n) is 2.84. The van der Waals surface area contributed by atoms with Crippen molar-refractivity contribution in [2.75, 3.05) is 6.54 Å². The molecule has 2 nitrogen and oxygen atoms in total. The Labute approximate surface area is 85.7 Å². The van der Waals surface area contributed by atoms with Crippen LogP contribution in [0.15, 0.2) is 18.3 Å². The van der Waals surface area contributed by atoms with Gasteiger partial charge in [0.05, 0.1) is 5.69 Å². The second-order valence-corrected chi connectivity index (χ2v) is 3.95. The lowest BCUT2D eigenvalue weighted by Crippen LogP contribution is -2.26. The summed E-state index contributed by atoms with van der Waals surface area (Å²) >= 11 is 0. The Balaban J connectivity index is 2.14. The number of rotatable bonds is 3. The Morgan fingerprint density at radius 2 is 2.50 bits per heavy atom. The fourth-order valence-electron chi connectivity index (χ4n) is 2.13. The number of aryl methyl sites for hydroxylation is 1. The lowest BCUT2D eigenvalue weighted by molar-refractivity contribution is 0.449. The summed E-state index contributed by atoms with van der Waals surface area (Å²) in [5.41, 5.74) is 2.72. The normalized spacial score (nSPS) is 20.5. The van der Waals surface area contributed by atoms with Gasteiger partial charge in [0, 0.05) is 12.2 Å².